The molecule has 0 fully saturated rings. The predicted octanol–water partition coefficient (Wildman–Crippen LogP) is 1.95. The molecule has 1 rings (SSSR count). The number of hydrogen-bond donors (Lipinski definition) is 2. The van der Waals surface area contributed by atoms with E-state index in [9.17, 15) is 8.42 Å². The number of hydrogen-bond acceptors (Lipinski definition) is 3. The van der Waals surface area contributed by atoms with Gasteiger partial charge in [0.2, 0.25) is 0 Å². The van der Waals surface area contributed by atoms with Crippen LogP contribution in [0, 0.1) is 0 Å². The quantitative estimate of drug-likeness (QED) is 0.561. The molecule has 0 atom stereocenters. The minimum absolute atomic E-state index is 0.0374. The van der Waals surface area contributed by atoms with Crippen LogP contribution in [0.4, 0.5) is 0 Å². The normalized spacial score (nSPS) is 13.0. The third-order valence-electron chi connectivity index (χ3n) is 4.32. The molecule has 5 nitrogen and oxygen atoms in total. The molecule has 23 heavy (non-hydrogen) atoms. The smallest absolute Gasteiger partial charge is 0.191 e. The van der Waals surface area contributed by atoms with Crippen molar-refractivity contribution in [1.82, 2.24) is 10.6 Å². The number of sulfone groups is 1. The Hall–Kier alpha value is -1.56. The lowest BCUT2D eigenvalue weighted by Crippen LogP contribution is -2.46. The van der Waals surface area contributed by atoms with E-state index in [1.54, 1.807) is 7.05 Å². The van der Waals surface area contributed by atoms with Crippen molar-refractivity contribution in [1.29, 1.82) is 0 Å². The van der Waals surface area contributed by atoms with E-state index < -0.39 is 9.84 Å². The van der Waals surface area contributed by atoms with E-state index in [0.29, 0.717) is 12.5 Å². The van der Waals surface area contributed by atoms with Crippen LogP contribution in [0.3, 0.4) is 0 Å². The zero-order valence-electron chi connectivity index (χ0n) is 14.6. The van der Waals surface area contributed by atoms with Crippen molar-refractivity contribution >= 4 is 15.8 Å². The summed E-state index contributed by atoms with van der Waals surface area (Å²) in [6.45, 7) is 5.49. The van der Waals surface area contributed by atoms with Gasteiger partial charge in [-0.05, 0) is 18.4 Å². The minimum Gasteiger partial charge on any atom is -0.356 e. The molecule has 6 heteroatoms. The van der Waals surface area contributed by atoms with Crippen LogP contribution in [-0.2, 0) is 15.3 Å². The molecule has 0 aliphatic rings. The molecule has 0 spiro atoms. The molecule has 0 bridgehead atoms. The molecule has 1 aromatic carbocycles. The van der Waals surface area contributed by atoms with Gasteiger partial charge in [-0.15, -0.1) is 0 Å². The second kappa shape index (κ2) is 8.91. The maximum Gasteiger partial charge on any atom is 0.191 e. The van der Waals surface area contributed by atoms with Gasteiger partial charge in [0.05, 0.1) is 5.75 Å². The van der Waals surface area contributed by atoms with E-state index in [4.69, 9.17) is 0 Å². The van der Waals surface area contributed by atoms with Gasteiger partial charge in [-0.2, -0.15) is 0 Å². The highest BCUT2D eigenvalue weighted by Gasteiger charge is 2.28. The summed E-state index contributed by atoms with van der Waals surface area (Å²) in [6.07, 6.45) is 3.27. The zero-order chi connectivity index (χ0) is 17.3. The van der Waals surface area contributed by atoms with Crippen LogP contribution in [0.5, 0.6) is 0 Å². The van der Waals surface area contributed by atoms with E-state index in [0.717, 1.165) is 19.4 Å². The molecular formula is C17H29N3O2S. The monoisotopic (exact) mass is 339 g/mol. The summed E-state index contributed by atoms with van der Waals surface area (Å²) >= 11 is 0. The lowest BCUT2D eigenvalue weighted by molar-refractivity contribution is 0.389. The summed E-state index contributed by atoms with van der Waals surface area (Å²) in [5, 5.41) is 6.40. The average molecular weight is 340 g/mol. The molecular weight excluding hydrogens is 310 g/mol. The maximum atomic E-state index is 11.2. The van der Waals surface area contributed by atoms with Gasteiger partial charge in [0.25, 0.3) is 0 Å². The Bertz CT molecular complexity index is 594. The number of guanidine groups is 1. The van der Waals surface area contributed by atoms with Crippen molar-refractivity contribution in [2.45, 2.75) is 32.1 Å². The fourth-order valence-corrected chi connectivity index (χ4v) is 3.10. The molecule has 0 unspecified atom stereocenters. The number of benzene rings is 1. The second-order valence-corrected chi connectivity index (χ2v) is 8.10. The maximum absolute atomic E-state index is 11.2. The van der Waals surface area contributed by atoms with Crippen molar-refractivity contribution in [3.8, 4) is 0 Å². The third kappa shape index (κ3) is 6.22. The van der Waals surface area contributed by atoms with E-state index in [2.05, 4.69) is 53.7 Å². The van der Waals surface area contributed by atoms with Gasteiger partial charge >= 0.3 is 0 Å². The van der Waals surface area contributed by atoms with Gasteiger partial charge < -0.3 is 10.6 Å². The van der Waals surface area contributed by atoms with Gasteiger partial charge in [0, 0.05) is 31.8 Å². The number of rotatable bonds is 8. The van der Waals surface area contributed by atoms with Crippen LogP contribution in [0.2, 0.25) is 0 Å². The largest absolute Gasteiger partial charge is 0.356 e. The highest BCUT2D eigenvalue weighted by molar-refractivity contribution is 7.90. The molecule has 0 amide bonds. The van der Waals surface area contributed by atoms with Crippen molar-refractivity contribution in [2.75, 3.05) is 32.1 Å². The van der Waals surface area contributed by atoms with Crippen LogP contribution in [0.25, 0.3) is 0 Å². The van der Waals surface area contributed by atoms with E-state index in [1.165, 1.54) is 11.8 Å². The highest BCUT2D eigenvalue weighted by Crippen LogP contribution is 2.30. The second-order valence-electron chi connectivity index (χ2n) is 5.84. The summed E-state index contributed by atoms with van der Waals surface area (Å²) in [4.78, 5) is 4.17. The average Bonchev–Trinajstić information content (AvgIpc) is 2.54. The van der Waals surface area contributed by atoms with Gasteiger partial charge in [-0.1, -0.05) is 44.2 Å². The lowest BCUT2D eigenvalue weighted by atomic mass is 9.76. The third-order valence-corrected chi connectivity index (χ3v) is 5.27. The Kier molecular flexibility index (Phi) is 7.55. The molecule has 1 aromatic rings. The van der Waals surface area contributed by atoms with Crippen LogP contribution in [0.1, 0.15) is 32.3 Å². The number of nitrogens with one attached hydrogen (secondary N) is 2. The standard InChI is InChI=1S/C17H29N3O2S/c1-5-17(6-2,15-10-8-7-9-11-15)14-20-16(18-3)19-12-13-23(4,21)22/h7-11H,5-6,12-14H2,1-4H3,(H2,18,19,20). The summed E-state index contributed by atoms with van der Waals surface area (Å²) < 4.78 is 22.4. The number of nitrogens with zero attached hydrogens (tertiary/aromatic N) is 1. The van der Waals surface area contributed by atoms with E-state index in [1.807, 2.05) is 6.07 Å². The Morgan fingerprint density at radius 1 is 1.13 bits per heavy atom. The minimum atomic E-state index is -2.97. The summed E-state index contributed by atoms with van der Waals surface area (Å²) in [5.74, 6) is 0.731. The van der Waals surface area contributed by atoms with Crippen LogP contribution in [0.15, 0.2) is 35.3 Å². The molecule has 130 valence electrons. The molecule has 0 saturated carbocycles. The first kappa shape index (κ1) is 19.5. The van der Waals surface area contributed by atoms with Crippen molar-refractivity contribution in [2.24, 2.45) is 4.99 Å². The molecule has 0 aliphatic heterocycles. The summed E-state index contributed by atoms with van der Waals surface area (Å²) in [6, 6.07) is 10.5. The summed E-state index contributed by atoms with van der Waals surface area (Å²) in [7, 11) is -1.28. The van der Waals surface area contributed by atoms with Crippen LogP contribution < -0.4 is 10.6 Å². The highest BCUT2D eigenvalue weighted by atomic mass is 32.2. The van der Waals surface area contributed by atoms with Gasteiger partial charge in [0.15, 0.2) is 5.96 Å². The first-order valence-corrected chi connectivity index (χ1v) is 10.1. The van der Waals surface area contributed by atoms with E-state index >= 15 is 0 Å². The molecule has 0 heterocycles. The van der Waals surface area contributed by atoms with Crippen LogP contribution >= 0.6 is 0 Å². The SMILES string of the molecule is CCC(CC)(CNC(=NC)NCCS(C)(=O)=O)c1ccccc1. The Morgan fingerprint density at radius 3 is 2.22 bits per heavy atom. The Labute approximate surface area is 140 Å². The first-order chi connectivity index (χ1) is 10.9. The number of aliphatic imine (C=N–C) groups is 1. The predicted molar refractivity (Wildman–Crippen MR) is 97.8 cm³/mol. The van der Waals surface area contributed by atoms with Crippen molar-refractivity contribution < 1.29 is 8.42 Å². The molecule has 0 saturated heterocycles. The summed E-state index contributed by atoms with van der Waals surface area (Å²) in [5.41, 5.74) is 1.35. The Balaban J connectivity index is 2.70. The van der Waals surface area contributed by atoms with Gasteiger partial charge in [0.1, 0.15) is 9.84 Å². The van der Waals surface area contributed by atoms with E-state index in [-0.39, 0.29) is 11.2 Å². The van der Waals surface area contributed by atoms with Gasteiger partial charge in [-0.25, -0.2) is 8.42 Å². The molecule has 0 aromatic heterocycles. The first-order valence-electron chi connectivity index (χ1n) is 8.04. The molecule has 0 aliphatic carbocycles. The molecule has 2 N–H and O–H groups in total. The van der Waals surface area contributed by atoms with Gasteiger partial charge in [-0.3, -0.25) is 4.99 Å². The lowest BCUT2D eigenvalue weighted by Gasteiger charge is -2.33. The zero-order valence-corrected chi connectivity index (χ0v) is 15.4. The fourth-order valence-electron chi connectivity index (χ4n) is 2.63. The topological polar surface area (TPSA) is 70.6 Å². The Morgan fingerprint density at radius 2 is 1.74 bits per heavy atom. The fraction of sp³-hybridized carbons (Fsp3) is 0.588. The van der Waals surface area contributed by atoms with Crippen LogP contribution in [-0.4, -0.2) is 46.5 Å². The van der Waals surface area contributed by atoms with Crippen molar-refractivity contribution in [3.05, 3.63) is 35.9 Å². The molecule has 0 radical (unpaired) electrons. The van der Waals surface area contributed by atoms with Crippen molar-refractivity contribution in [3.63, 3.8) is 0 Å².